The van der Waals surface area contributed by atoms with Gasteiger partial charge in [0.2, 0.25) is 0 Å². The maximum Gasteiger partial charge on any atom is 0.260 e. The second-order valence-electron chi connectivity index (χ2n) is 7.22. The number of carbonyl (C=O) groups is 1. The van der Waals surface area contributed by atoms with Crippen LogP contribution < -0.4 is 9.47 Å². The van der Waals surface area contributed by atoms with Gasteiger partial charge in [-0.05, 0) is 69.3 Å². The van der Waals surface area contributed by atoms with Gasteiger partial charge in [0.1, 0.15) is 11.5 Å². The molecule has 0 radical (unpaired) electrons. The lowest BCUT2D eigenvalue weighted by Gasteiger charge is -2.35. The number of amides is 1. The van der Waals surface area contributed by atoms with Crippen LogP contribution in [-0.2, 0) is 4.79 Å². The summed E-state index contributed by atoms with van der Waals surface area (Å²) in [5.74, 6) is 3.81. The van der Waals surface area contributed by atoms with E-state index in [9.17, 15) is 4.79 Å². The molecule has 1 aromatic rings. The quantitative estimate of drug-likeness (QED) is 0.712. The molecule has 1 aromatic carbocycles. The minimum absolute atomic E-state index is 0.105. The largest absolute Gasteiger partial charge is 0.494 e. The van der Waals surface area contributed by atoms with Crippen molar-refractivity contribution in [2.75, 3.05) is 50.9 Å². The smallest absolute Gasteiger partial charge is 0.260 e. The fourth-order valence-electron chi connectivity index (χ4n) is 3.78. The van der Waals surface area contributed by atoms with Crippen molar-refractivity contribution in [3.63, 3.8) is 0 Å². The maximum atomic E-state index is 12.9. The van der Waals surface area contributed by atoms with Crippen LogP contribution in [0.4, 0.5) is 0 Å². The Hall–Kier alpha value is -1.40. The van der Waals surface area contributed by atoms with Gasteiger partial charge in [-0.15, -0.1) is 0 Å². The summed E-state index contributed by atoms with van der Waals surface area (Å²) in [5, 5.41) is 0. The number of hydrogen-bond donors (Lipinski definition) is 0. The zero-order chi connectivity index (χ0) is 18.9. The van der Waals surface area contributed by atoms with Crippen LogP contribution >= 0.6 is 11.8 Å². The van der Waals surface area contributed by atoms with Gasteiger partial charge < -0.3 is 19.3 Å². The normalized spacial score (nSPS) is 21.5. The van der Waals surface area contributed by atoms with Crippen molar-refractivity contribution in [1.29, 1.82) is 0 Å². The van der Waals surface area contributed by atoms with Gasteiger partial charge in [0.05, 0.1) is 12.6 Å². The molecule has 0 aromatic heterocycles. The number of piperidine rings is 1. The number of likely N-dealkylation sites (tertiary alicyclic amines) is 1. The molecule has 27 heavy (non-hydrogen) atoms. The van der Waals surface area contributed by atoms with Crippen LogP contribution in [0.5, 0.6) is 11.5 Å². The fraction of sp³-hybridized carbons (Fsp3) is 0.667. The van der Waals surface area contributed by atoms with E-state index < -0.39 is 0 Å². The molecule has 150 valence electrons. The average molecular weight is 393 g/mol. The van der Waals surface area contributed by atoms with Crippen molar-refractivity contribution < 1.29 is 14.3 Å². The number of rotatable bonds is 7. The van der Waals surface area contributed by atoms with Crippen molar-refractivity contribution in [2.45, 2.75) is 38.6 Å². The van der Waals surface area contributed by atoms with Crippen LogP contribution in [0.2, 0.25) is 0 Å². The first-order chi connectivity index (χ1) is 13.3. The Labute approximate surface area is 167 Å². The van der Waals surface area contributed by atoms with Crippen molar-refractivity contribution in [3.05, 3.63) is 24.3 Å². The number of thioether (sulfide) groups is 1. The van der Waals surface area contributed by atoms with E-state index >= 15 is 0 Å². The highest BCUT2D eigenvalue weighted by Crippen LogP contribution is 2.21. The van der Waals surface area contributed by atoms with E-state index in [2.05, 4.69) is 9.80 Å². The molecule has 2 heterocycles. The first-order valence-corrected chi connectivity index (χ1v) is 11.4. The molecule has 0 aliphatic carbocycles. The van der Waals surface area contributed by atoms with Gasteiger partial charge >= 0.3 is 0 Å². The Morgan fingerprint density at radius 2 is 1.74 bits per heavy atom. The number of ether oxygens (including phenoxy) is 2. The minimum atomic E-state index is 0.105. The van der Waals surface area contributed by atoms with E-state index in [0.29, 0.717) is 18.4 Å². The van der Waals surface area contributed by atoms with Crippen LogP contribution in [0.15, 0.2) is 24.3 Å². The Bertz CT molecular complexity index is 575. The van der Waals surface area contributed by atoms with Crippen molar-refractivity contribution >= 4 is 17.7 Å². The third-order valence-electron chi connectivity index (χ3n) is 5.17. The molecule has 0 bridgehead atoms. The molecule has 3 rings (SSSR count). The fourth-order valence-corrected chi connectivity index (χ4v) is 4.83. The average Bonchev–Trinajstić information content (AvgIpc) is 2.94. The number of nitrogens with zero attached hydrogens (tertiary/aromatic N) is 2. The predicted molar refractivity (Wildman–Crippen MR) is 111 cm³/mol. The van der Waals surface area contributed by atoms with Crippen LogP contribution in [0, 0.1) is 0 Å². The Kier molecular flexibility index (Phi) is 8.14. The molecular formula is C21H32N2O3S. The van der Waals surface area contributed by atoms with Crippen LogP contribution in [0.25, 0.3) is 0 Å². The summed E-state index contributed by atoms with van der Waals surface area (Å²) in [5.41, 5.74) is 0. The van der Waals surface area contributed by atoms with Crippen LogP contribution in [0.3, 0.4) is 0 Å². The summed E-state index contributed by atoms with van der Waals surface area (Å²) in [6, 6.07) is 7.78. The predicted octanol–water partition coefficient (Wildman–Crippen LogP) is 3.28. The lowest BCUT2D eigenvalue weighted by Crippen LogP contribution is -2.50. The third-order valence-corrected chi connectivity index (χ3v) is 6.37. The molecule has 0 saturated carbocycles. The second kappa shape index (κ2) is 10.8. The molecule has 0 spiro atoms. The highest BCUT2D eigenvalue weighted by molar-refractivity contribution is 7.99. The topological polar surface area (TPSA) is 42.0 Å². The molecule has 1 atom stereocenters. The van der Waals surface area contributed by atoms with Crippen LogP contribution in [-0.4, -0.2) is 72.6 Å². The molecule has 1 amide bonds. The maximum absolute atomic E-state index is 12.9. The lowest BCUT2D eigenvalue weighted by atomic mass is 10.1. The number of hydrogen-bond acceptors (Lipinski definition) is 5. The Morgan fingerprint density at radius 3 is 2.44 bits per heavy atom. The van der Waals surface area contributed by atoms with Gasteiger partial charge in [0, 0.05) is 18.8 Å². The molecule has 2 aliphatic rings. The molecule has 2 saturated heterocycles. The van der Waals surface area contributed by atoms with Gasteiger partial charge in [-0.3, -0.25) is 4.79 Å². The summed E-state index contributed by atoms with van der Waals surface area (Å²) in [7, 11) is 0. The third kappa shape index (κ3) is 6.32. The molecule has 1 unspecified atom stereocenters. The molecular weight excluding hydrogens is 360 g/mol. The number of benzene rings is 1. The number of carbonyl (C=O) groups excluding carboxylic acids is 1. The molecule has 0 N–H and O–H groups in total. The Morgan fingerprint density at radius 1 is 1.04 bits per heavy atom. The SMILES string of the molecule is CCOc1ccc(OCC(=O)N2CCCSCC2CN2CCCCC2)cc1. The minimum Gasteiger partial charge on any atom is -0.494 e. The van der Waals surface area contributed by atoms with Gasteiger partial charge in [-0.25, -0.2) is 0 Å². The van der Waals surface area contributed by atoms with Crippen molar-refractivity contribution in [3.8, 4) is 11.5 Å². The highest BCUT2D eigenvalue weighted by atomic mass is 32.2. The molecule has 2 fully saturated rings. The highest BCUT2D eigenvalue weighted by Gasteiger charge is 2.28. The lowest BCUT2D eigenvalue weighted by molar-refractivity contribution is -0.135. The second-order valence-corrected chi connectivity index (χ2v) is 8.37. The zero-order valence-corrected chi connectivity index (χ0v) is 17.2. The van der Waals surface area contributed by atoms with E-state index in [0.717, 1.165) is 36.8 Å². The summed E-state index contributed by atoms with van der Waals surface area (Å²) in [6.45, 7) is 6.90. The monoisotopic (exact) mass is 392 g/mol. The van der Waals surface area contributed by atoms with Gasteiger partial charge in [0.25, 0.3) is 5.91 Å². The first-order valence-electron chi connectivity index (χ1n) is 10.2. The van der Waals surface area contributed by atoms with Crippen molar-refractivity contribution in [1.82, 2.24) is 9.80 Å². The van der Waals surface area contributed by atoms with Crippen molar-refractivity contribution in [2.24, 2.45) is 0 Å². The molecule has 2 aliphatic heterocycles. The van der Waals surface area contributed by atoms with E-state index in [4.69, 9.17) is 9.47 Å². The summed E-state index contributed by atoms with van der Waals surface area (Å²) < 4.78 is 11.2. The van der Waals surface area contributed by atoms with Gasteiger partial charge in [-0.2, -0.15) is 11.8 Å². The molecule has 5 nitrogen and oxygen atoms in total. The molecule has 6 heteroatoms. The van der Waals surface area contributed by atoms with Gasteiger partial charge in [-0.1, -0.05) is 6.42 Å². The Balaban J connectivity index is 1.54. The standard InChI is InChI=1S/C21H32N2O3S/c1-2-25-19-7-9-20(10-8-19)26-16-21(24)23-13-6-14-27-17-18(23)15-22-11-4-3-5-12-22/h7-10,18H,2-6,11-17H2,1H3. The first kappa shape index (κ1) is 20.3. The van der Waals surface area contributed by atoms with Crippen LogP contribution in [0.1, 0.15) is 32.6 Å². The van der Waals surface area contributed by atoms with E-state index in [1.54, 1.807) is 0 Å². The van der Waals surface area contributed by atoms with E-state index in [1.807, 2.05) is 43.0 Å². The summed E-state index contributed by atoms with van der Waals surface area (Å²) >= 11 is 1.98. The zero-order valence-electron chi connectivity index (χ0n) is 16.4. The van der Waals surface area contributed by atoms with Gasteiger partial charge in [0.15, 0.2) is 6.61 Å². The summed E-state index contributed by atoms with van der Waals surface area (Å²) in [6.07, 6.45) is 4.98. The summed E-state index contributed by atoms with van der Waals surface area (Å²) in [4.78, 5) is 17.5. The van der Waals surface area contributed by atoms with E-state index in [1.165, 1.54) is 32.4 Å². The van der Waals surface area contributed by atoms with E-state index in [-0.39, 0.29) is 12.5 Å².